The number of sulfonamides is 1. The summed E-state index contributed by atoms with van der Waals surface area (Å²) in [5.41, 5.74) is 2.64. The predicted molar refractivity (Wildman–Crippen MR) is 101 cm³/mol. The van der Waals surface area contributed by atoms with E-state index < -0.39 is 14.9 Å². The molecule has 2 rings (SSSR count). The highest BCUT2D eigenvalue weighted by atomic mass is 32.2. The maximum atomic E-state index is 12.4. The van der Waals surface area contributed by atoms with E-state index in [1.807, 2.05) is 24.3 Å². The first-order chi connectivity index (χ1) is 12.2. The molecular formula is C18H21N3O4S. The van der Waals surface area contributed by atoms with Crippen molar-refractivity contribution in [1.82, 2.24) is 4.83 Å². The molecule has 0 aliphatic carbocycles. The lowest BCUT2D eigenvalue weighted by Crippen LogP contribution is -2.20. The van der Waals surface area contributed by atoms with Crippen LogP contribution in [0.15, 0.2) is 52.5 Å². The Morgan fingerprint density at radius 1 is 1.19 bits per heavy atom. The van der Waals surface area contributed by atoms with E-state index in [-0.39, 0.29) is 10.6 Å². The zero-order chi connectivity index (χ0) is 19.3. The Morgan fingerprint density at radius 3 is 2.42 bits per heavy atom. The fraction of sp³-hybridized carbons (Fsp3) is 0.278. The van der Waals surface area contributed by atoms with Crippen molar-refractivity contribution in [2.24, 2.45) is 5.10 Å². The number of nitrogens with zero attached hydrogens (tertiary/aromatic N) is 2. The Morgan fingerprint density at radius 2 is 1.85 bits per heavy atom. The van der Waals surface area contributed by atoms with Crippen LogP contribution in [0.2, 0.25) is 0 Å². The predicted octanol–water partition coefficient (Wildman–Crippen LogP) is 3.56. The largest absolute Gasteiger partial charge is 0.276 e. The highest BCUT2D eigenvalue weighted by Gasteiger charge is 2.19. The fourth-order valence-corrected chi connectivity index (χ4v) is 3.28. The number of aryl methyl sites for hydroxylation is 2. The van der Waals surface area contributed by atoms with E-state index in [2.05, 4.69) is 16.9 Å². The highest BCUT2D eigenvalue weighted by Crippen LogP contribution is 2.22. The molecule has 0 unspecified atom stereocenters. The fourth-order valence-electron chi connectivity index (χ4n) is 2.40. The monoisotopic (exact) mass is 375 g/mol. The van der Waals surface area contributed by atoms with Gasteiger partial charge in [-0.15, -0.1) is 0 Å². The summed E-state index contributed by atoms with van der Waals surface area (Å²) in [7, 11) is -3.99. The summed E-state index contributed by atoms with van der Waals surface area (Å²) in [6.45, 7) is 5.34. The molecule has 0 aliphatic heterocycles. The summed E-state index contributed by atoms with van der Waals surface area (Å²) in [4.78, 5) is 12.3. The topological polar surface area (TPSA) is 102 Å². The van der Waals surface area contributed by atoms with Crippen LogP contribution in [0.1, 0.15) is 37.0 Å². The van der Waals surface area contributed by atoms with Gasteiger partial charge in [0.1, 0.15) is 0 Å². The van der Waals surface area contributed by atoms with Crippen LogP contribution in [-0.4, -0.2) is 19.1 Å². The molecule has 0 radical (unpaired) electrons. The first kappa shape index (κ1) is 19.6. The number of nitrogens with one attached hydrogen (secondary N) is 1. The van der Waals surface area contributed by atoms with Crippen molar-refractivity contribution in [2.45, 2.75) is 38.5 Å². The molecule has 0 heterocycles. The highest BCUT2D eigenvalue weighted by molar-refractivity contribution is 7.89. The zero-order valence-corrected chi connectivity index (χ0v) is 15.7. The van der Waals surface area contributed by atoms with E-state index >= 15 is 0 Å². The second kappa shape index (κ2) is 8.09. The van der Waals surface area contributed by atoms with Crippen molar-refractivity contribution in [1.29, 1.82) is 0 Å². The molecule has 26 heavy (non-hydrogen) atoms. The van der Waals surface area contributed by atoms with Gasteiger partial charge in [0.15, 0.2) is 0 Å². The van der Waals surface area contributed by atoms with E-state index in [1.165, 1.54) is 17.7 Å². The van der Waals surface area contributed by atoms with Crippen LogP contribution in [-0.2, 0) is 16.4 Å². The molecule has 0 saturated carbocycles. The van der Waals surface area contributed by atoms with Crippen molar-refractivity contribution < 1.29 is 13.3 Å². The minimum absolute atomic E-state index is 0.204. The van der Waals surface area contributed by atoms with Crippen LogP contribution < -0.4 is 4.83 Å². The minimum atomic E-state index is -3.99. The second-order valence-electron chi connectivity index (χ2n) is 5.94. The van der Waals surface area contributed by atoms with Gasteiger partial charge in [-0.3, -0.25) is 10.1 Å². The summed E-state index contributed by atoms with van der Waals surface area (Å²) in [6.07, 6.45) is 2.03. The number of hydrazone groups is 1. The van der Waals surface area contributed by atoms with Gasteiger partial charge >= 0.3 is 0 Å². The minimum Gasteiger partial charge on any atom is -0.258 e. The van der Waals surface area contributed by atoms with Crippen molar-refractivity contribution in [3.8, 4) is 0 Å². The molecule has 0 saturated heterocycles. The Balaban J connectivity index is 2.22. The quantitative estimate of drug-likeness (QED) is 0.454. The number of nitro benzene ring substituents is 1. The van der Waals surface area contributed by atoms with E-state index in [0.29, 0.717) is 11.3 Å². The Bertz CT molecular complexity index is 935. The smallest absolute Gasteiger partial charge is 0.258 e. The van der Waals surface area contributed by atoms with Crippen molar-refractivity contribution in [3.05, 3.63) is 69.3 Å². The summed E-state index contributed by atoms with van der Waals surface area (Å²) in [6, 6.07) is 11.5. The van der Waals surface area contributed by atoms with Crippen molar-refractivity contribution >= 4 is 21.4 Å². The molecule has 0 fully saturated rings. The van der Waals surface area contributed by atoms with E-state index in [4.69, 9.17) is 0 Å². The molecule has 0 atom stereocenters. The molecule has 0 amide bonds. The average molecular weight is 375 g/mol. The second-order valence-corrected chi connectivity index (χ2v) is 7.61. The van der Waals surface area contributed by atoms with Crippen LogP contribution in [0.25, 0.3) is 0 Å². The molecule has 0 aromatic heterocycles. The molecular weight excluding hydrogens is 354 g/mol. The van der Waals surface area contributed by atoms with Gasteiger partial charge in [-0.05, 0) is 37.5 Å². The van der Waals surface area contributed by atoms with Gasteiger partial charge in [-0.1, -0.05) is 43.7 Å². The van der Waals surface area contributed by atoms with Gasteiger partial charge in [-0.25, -0.2) is 0 Å². The zero-order valence-electron chi connectivity index (χ0n) is 14.9. The van der Waals surface area contributed by atoms with Gasteiger partial charge in [-0.2, -0.15) is 18.4 Å². The molecule has 0 aliphatic rings. The normalized spacial score (nSPS) is 12.0. The molecule has 8 heteroatoms. The van der Waals surface area contributed by atoms with Crippen molar-refractivity contribution in [2.75, 3.05) is 0 Å². The number of nitro groups is 1. The summed E-state index contributed by atoms with van der Waals surface area (Å²) < 4.78 is 24.7. The van der Waals surface area contributed by atoms with Crippen LogP contribution in [0.4, 0.5) is 5.69 Å². The van der Waals surface area contributed by atoms with E-state index in [9.17, 15) is 18.5 Å². The third kappa shape index (κ3) is 4.66. The first-order valence-electron chi connectivity index (χ1n) is 8.15. The van der Waals surface area contributed by atoms with Crippen LogP contribution >= 0.6 is 0 Å². The van der Waals surface area contributed by atoms with Gasteiger partial charge in [0.2, 0.25) is 0 Å². The van der Waals surface area contributed by atoms with Crippen LogP contribution in [0.3, 0.4) is 0 Å². The number of benzene rings is 2. The molecule has 138 valence electrons. The molecule has 1 N–H and O–H groups in total. The molecule has 2 aromatic carbocycles. The van der Waals surface area contributed by atoms with Crippen LogP contribution in [0, 0.1) is 17.0 Å². The third-order valence-corrected chi connectivity index (χ3v) is 5.14. The first-order valence-corrected chi connectivity index (χ1v) is 9.63. The third-order valence-electron chi connectivity index (χ3n) is 3.93. The molecule has 7 nitrogen and oxygen atoms in total. The molecule has 0 spiro atoms. The maximum absolute atomic E-state index is 12.4. The molecule has 0 bridgehead atoms. The number of hydrogen-bond donors (Lipinski definition) is 1. The summed E-state index contributed by atoms with van der Waals surface area (Å²) >= 11 is 0. The number of rotatable bonds is 7. The summed E-state index contributed by atoms with van der Waals surface area (Å²) in [5, 5.41) is 14.9. The lowest BCUT2D eigenvalue weighted by molar-refractivity contribution is -0.385. The van der Waals surface area contributed by atoms with Gasteiger partial charge in [0.05, 0.1) is 15.5 Å². The van der Waals surface area contributed by atoms with Crippen molar-refractivity contribution in [3.63, 3.8) is 0 Å². The lowest BCUT2D eigenvalue weighted by atomic mass is 10.1. The maximum Gasteiger partial charge on any atom is 0.276 e. The summed E-state index contributed by atoms with van der Waals surface area (Å²) in [5.74, 6) is 0. The lowest BCUT2D eigenvalue weighted by Gasteiger charge is -2.07. The number of hydrogen-bond acceptors (Lipinski definition) is 5. The Labute approximate surface area is 153 Å². The average Bonchev–Trinajstić information content (AvgIpc) is 2.60. The van der Waals surface area contributed by atoms with Gasteiger partial charge < -0.3 is 0 Å². The van der Waals surface area contributed by atoms with E-state index in [0.717, 1.165) is 24.5 Å². The van der Waals surface area contributed by atoms with Gasteiger partial charge in [0, 0.05) is 11.6 Å². The Hall–Kier alpha value is -2.74. The SMILES string of the molecule is CCCc1ccc(/C(C)=N\NS(=O)(=O)c2ccc(C)c([N+](=O)[O-])c2)cc1. The van der Waals surface area contributed by atoms with Gasteiger partial charge in [0.25, 0.3) is 15.7 Å². The van der Waals surface area contributed by atoms with Crippen LogP contribution in [0.5, 0.6) is 0 Å². The Kier molecular flexibility index (Phi) is 6.10. The standard InChI is InChI=1S/C18H21N3O4S/c1-4-5-15-7-9-16(10-8-15)14(3)19-20-26(24,25)17-11-6-13(2)18(12-17)21(22)23/h6-12,20H,4-5H2,1-3H3/b19-14-. The van der Waals surface area contributed by atoms with E-state index in [1.54, 1.807) is 13.8 Å². The molecule has 2 aromatic rings.